The van der Waals surface area contributed by atoms with Crippen LogP contribution >= 0.6 is 24.0 Å². The van der Waals surface area contributed by atoms with Gasteiger partial charge in [-0.2, -0.15) is 0 Å². The highest BCUT2D eigenvalue weighted by molar-refractivity contribution is 14.0. The molecule has 4 nitrogen and oxygen atoms in total. The van der Waals surface area contributed by atoms with Gasteiger partial charge in [-0.1, -0.05) is 0 Å². The lowest BCUT2D eigenvalue weighted by molar-refractivity contribution is 0.180. The molecule has 19 heavy (non-hydrogen) atoms. The van der Waals surface area contributed by atoms with Crippen molar-refractivity contribution in [3.8, 4) is 0 Å². The molecule has 1 aliphatic rings. The van der Waals surface area contributed by atoms with E-state index in [0.717, 1.165) is 32.1 Å². The summed E-state index contributed by atoms with van der Waals surface area (Å²) in [5.74, 6) is 0.738. The van der Waals surface area contributed by atoms with E-state index in [0.29, 0.717) is 12.1 Å². The average molecular weight is 382 g/mol. The smallest absolute Gasteiger partial charge is 0.191 e. The first-order valence-corrected chi connectivity index (χ1v) is 7.33. The van der Waals surface area contributed by atoms with Crippen LogP contribution in [0.3, 0.4) is 0 Å². The minimum atomic E-state index is 0. The van der Waals surface area contributed by atoms with E-state index in [-0.39, 0.29) is 24.0 Å². The Hall–Kier alpha value is -0.0400. The van der Waals surface area contributed by atoms with Gasteiger partial charge in [-0.05, 0) is 47.0 Å². The number of likely N-dealkylation sites (tertiary alicyclic amines) is 1. The van der Waals surface area contributed by atoms with Crippen molar-refractivity contribution < 1.29 is 0 Å². The minimum Gasteiger partial charge on any atom is -0.370 e. The lowest BCUT2D eigenvalue weighted by atomic mass is 10.1. The summed E-state index contributed by atoms with van der Waals surface area (Å²) in [6.45, 7) is 12.9. The molecule has 0 spiro atoms. The second kappa shape index (κ2) is 9.80. The monoisotopic (exact) mass is 382 g/mol. The van der Waals surface area contributed by atoms with Crippen LogP contribution in [0.1, 0.15) is 47.0 Å². The van der Waals surface area contributed by atoms with Gasteiger partial charge in [-0.25, -0.2) is 0 Å². The van der Waals surface area contributed by atoms with Crippen LogP contribution in [0.15, 0.2) is 4.99 Å². The molecule has 114 valence electrons. The summed E-state index contributed by atoms with van der Waals surface area (Å²) < 4.78 is 0. The van der Waals surface area contributed by atoms with Crippen molar-refractivity contribution in [3.05, 3.63) is 0 Å². The molecule has 5 heteroatoms. The number of hydrogen-bond acceptors (Lipinski definition) is 2. The van der Waals surface area contributed by atoms with E-state index < -0.39 is 0 Å². The van der Waals surface area contributed by atoms with Crippen LogP contribution in [0.25, 0.3) is 0 Å². The predicted molar refractivity (Wildman–Crippen MR) is 94.3 cm³/mol. The molecule has 0 unspecified atom stereocenters. The molecule has 0 bridgehead atoms. The molecule has 1 fully saturated rings. The fourth-order valence-corrected chi connectivity index (χ4v) is 2.62. The lowest BCUT2D eigenvalue weighted by Crippen LogP contribution is -2.42. The summed E-state index contributed by atoms with van der Waals surface area (Å²) in [6.07, 6.45) is 3.83. The molecule has 0 radical (unpaired) electrons. The fourth-order valence-electron chi connectivity index (χ4n) is 2.62. The maximum Gasteiger partial charge on any atom is 0.191 e. The van der Waals surface area contributed by atoms with Crippen molar-refractivity contribution in [2.24, 2.45) is 10.7 Å². The fraction of sp³-hybridized carbons (Fsp3) is 0.929. The molecule has 2 N–H and O–H groups in total. The standard InChI is InChI=1S/C14H30N4.HI/c1-12(2)18(13(3)4)11-8-16-14(15)17-9-6-5-7-10-17;/h12-13H,5-11H2,1-4H3,(H2,15,16);1H. The normalized spacial score (nSPS) is 17.2. The third kappa shape index (κ3) is 6.79. The number of hydrogen-bond donors (Lipinski definition) is 1. The second-order valence-electron chi connectivity index (χ2n) is 5.71. The van der Waals surface area contributed by atoms with Crippen LogP contribution in [-0.2, 0) is 0 Å². The topological polar surface area (TPSA) is 44.9 Å². The van der Waals surface area contributed by atoms with Gasteiger partial charge in [-0.15, -0.1) is 24.0 Å². The number of nitrogens with zero attached hydrogens (tertiary/aromatic N) is 3. The molecule has 0 saturated carbocycles. The highest BCUT2D eigenvalue weighted by atomic mass is 127. The molecule has 1 saturated heterocycles. The van der Waals surface area contributed by atoms with Crippen molar-refractivity contribution in [2.75, 3.05) is 26.2 Å². The number of aliphatic imine (C=N–C) groups is 1. The quantitative estimate of drug-likeness (QED) is 0.452. The molecule has 0 aliphatic carbocycles. The third-order valence-corrected chi connectivity index (χ3v) is 3.64. The van der Waals surface area contributed by atoms with Gasteiger partial charge in [0.1, 0.15) is 0 Å². The summed E-state index contributed by atoms with van der Waals surface area (Å²) in [6, 6.07) is 1.13. The van der Waals surface area contributed by atoms with E-state index >= 15 is 0 Å². The van der Waals surface area contributed by atoms with Gasteiger partial charge < -0.3 is 10.6 Å². The van der Waals surface area contributed by atoms with E-state index in [4.69, 9.17) is 5.73 Å². The summed E-state index contributed by atoms with van der Waals surface area (Å²) in [7, 11) is 0. The molecule has 0 atom stereocenters. The zero-order chi connectivity index (χ0) is 13.5. The zero-order valence-electron chi connectivity index (χ0n) is 12.9. The average Bonchev–Trinajstić information content (AvgIpc) is 2.34. The summed E-state index contributed by atoms with van der Waals surface area (Å²) in [5.41, 5.74) is 6.04. The first-order chi connectivity index (χ1) is 8.52. The molecule has 1 aliphatic heterocycles. The first-order valence-electron chi connectivity index (χ1n) is 7.33. The van der Waals surface area contributed by atoms with Gasteiger partial charge in [0.05, 0.1) is 6.54 Å². The Morgan fingerprint density at radius 3 is 2.11 bits per heavy atom. The third-order valence-electron chi connectivity index (χ3n) is 3.64. The van der Waals surface area contributed by atoms with Crippen LogP contribution in [0.5, 0.6) is 0 Å². The number of halogens is 1. The molecule has 0 aromatic carbocycles. The van der Waals surface area contributed by atoms with E-state index in [1.807, 2.05) is 0 Å². The lowest BCUT2D eigenvalue weighted by Gasteiger charge is -2.30. The predicted octanol–water partition coefficient (Wildman–Crippen LogP) is 2.52. The largest absolute Gasteiger partial charge is 0.370 e. The Kier molecular flexibility index (Phi) is 9.78. The molecule has 0 amide bonds. The highest BCUT2D eigenvalue weighted by Gasteiger charge is 2.14. The van der Waals surface area contributed by atoms with Gasteiger partial charge in [0.25, 0.3) is 0 Å². The summed E-state index contributed by atoms with van der Waals surface area (Å²) in [4.78, 5) is 9.20. The molecular formula is C14H31IN4. The molecule has 1 rings (SSSR count). The van der Waals surface area contributed by atoms with E-state index in [1.54, 1.807) is 0 Å². The Morgan fingerprint density at radius 2 is 1.63 bits per heavy atom. The van der Waals surface area contributed by atoms with Crippen LogP contribution in [-0.4, -0.2) is 54.0 Å². The summed E-state index contributed by atoms with van der Waals surface area (Å²) in [5, 5.41) is 0. The van der Waals surface area contributed by atoms with Crippen molar-refractivity contribution >= 4 is 29.9 Å². The van der Waals surface area contributed by atoms with Crippen LogP contribution < -0.4 is 5.73 Å². The maximum atomic E-state index is 6.04. The van der Waals surface area contributed by atoms with E-state index in [1.165, 1.54) is 19.3 Å². The van der Waals surface area contributed by atoms with Crippen LogP contribution in [0.4, 0.5) is 0 Å². The van der Waals surface area contributed by atoms with Crippen molar-refractivity contribution in [1.82, 2.24) is 9.80 Å². The van der Waals surface area contributed by atoms with Gasteiger partial charge >= 0.3 is 0 Å². The SMILES string of the molecule is CC(C)N(CCN=C(N)N1CCCCC1)C(C)C.I. The number of nitrogens with two attached hydrogens (primary N) is 1. The molecule has 1 heterocycles. The van der Waals surface area contributed by atoms with E-state index in [2.05, 4.69) is 42.5 Å². The summed E-state index contributed by atoms with van der Waals surface area (Å²) >= 11 is 0. The van der Waals surface area contributed by atoms with Gasteiger partial charge in [0.15, 0.2) is 5.96 Å². The van der Waals surface area contributed by atoms with E-state index in [9.17, 15) is 0 Å². The Bertz CT molecular complexity index is 252. The Morgan fingerprint density at radius 1 is 1.11 bits per heavy atom. The minimum absolute atomic E-state index is 0. The van der Waals surface area contributed by atoms with Crippen molar-refractivity contribution in [2.45, 2.75) is 59.0 Å². The number of rotatable bonds is 5. The van der Waals surface area contributed by atoms with Gasteiger partial charge in [0.2, 0.25) is 0 Å². The number of guanidine groups is 1. The number of piperidine rings is 1. The molecular weight excluding hydrogens is 351 g/mol. The molecule has 0 aromatic heterocycles. The molecule has 0 aromatic rings. The van der Waals surface area contributed by atoms with Crippen molar-refractivity contribution in [3.63, 3.8) is 0 Å². The van der Waals surface area contributed by atoms with Crippen LogP contribution in [0, 0.1) is 0 Å². The first kappa shape index (κ1) is 19.0. The Labute approximate surface area is 135 Å². The highest BCUT2D eigenvalue weighted by Crippen LogP contribution is 2.08. The van der Waals surface area contributed by atoms with Crippen molar-refractivity contribution in [1.29, 1.82) is 0 Å². The zero-order valence-corrected chi connectivity index (χ0v) is 15.3. The Balaban J connectivity index is 0.00000324. The van der Waals surface area contributed by atoms with Crippen LogP contribution in [0.2, 0.25) is 0 Å². The maximum absolute atomic E-state index is 6.04. The van der Waals surface area contributed by atoms with Gasteiger partial charge in [0, 0.05) is 31.7 Å². The second-order valence-corrected chi connectivity index (χ2v) is 5.71. The van der Waals surface area contributed by atoms with Gasteiger partial charge in [-0.3, -0.25) is 9.89 Å².